The molecule has 0 aliphatic carbocycles. The van der Waals surface area contributed by atoms with E-state index in [1.54, 1.807) is 58.4 Å². The van der Waals surface area contributed by atoms with Crippen molar-refractivity contribution in [3.8, 4) is 17.6 Å². The molecule has 0 bridgehead atoms. The number of aromatic nitrogens is 5. The Bertz CT molecular complexity index is 3190. The maximum atomic E-state index is 16.5. The number of carbonyl (C=O) groups is 4. The number of esters is 1. The number of anilines is 2. The molecule has 4 aliphatic rings. The molecule has 17 nitrogen and oxygen atoms in total. The molecule has 5 aromatic carbocycles. The smallest absolute Gasteiger partial charge is 0.421 e. The van der Waals surface area contributed by atoms with Gasteiger partial charge < -0.3 is 29.1 Å². The zero-order valence-electron chi connectivity index (χ0n) is 38.5. The number of phenolic OH excluding ortho intramolecular Hbond substituents is 1. The van der Waals surface area contributed by atoms with E-state index in [2.05, 4.69) is 32.1 Å². The fourth-order valence-corrected chi connectivity index (χ4v) is 10.9. The second kappa shape index (κ2) is 18.8. The standard InChI is InChI=1S/C54H47N9O8/c1-69-32-33-70-53(68)62-42-24-19-35(12-10-27-61-43-18-9-8-17-41(43)57-58-61)34-40(42)54(51(62)67)44(49(65)59-28-30-60(31-29-59)52-55-25-11-26-56-52)46-50(66)71-47(37-15-6-3-7-16-37)45(36-13-4-2-5-14-36)63(46)48(54)38-20-22-39(64)23-21-38/h2-9,11,13-26,34,44-48,64H,27-33H2,1H3/t44-,45-,46-,47+,48+,54-/m0/s1. The monoisotopic (exact) mass is 949 g/mol. The van der Waals surface area contributed by atoms with Gasteiger partial charge in [0, 0.05) is 51.2 Å². The highest BCUT2D eigenvalue weighted by Gasteiger charge is 2.76. The first-order valence-electron chi connectivity index (χ1n) is 23.4. The van der Waals surface area contributed by atoms with E-state index in [0.717, 1.165) is 21.5 Å². The Morgan fingerprint density at radius 2 is 1.49 bits per heavy atom. The number of para-hydroxylation sites is 1. The number of ether oxygens (including phenoxy) is 3. The fraction of sp³-hybridized carbons (Fsp3) is 0.259. The van der Waals surface area contributed by atoms with Gasteiger partial charge in [0.25, 0.3) is 0 Å². The summed E-state index contributed by atoms with van der Waals surface area (Å²) < 4.78 is 19.3. The van der Waals surface area contributed by atoms with Crippen molar-refractivity contribution >= 4 is 46.5 Å². The molecule has 7 aromatic rings. The molecule has 17 heteroatoms. The van der Waals surface area contributed by atoms with Crippen LogP contribution in [0.15, 0.2) is 146 Å². The van der Waals surface area contributed by atoms with E-state index in [9.17, 15) is 9.90 Å². The maximum Gasteiger partial charge on any atom is 0.421 e. The fourth-order valence-electron chi connectivity index (χ4n) is 10.9. The van der Waals surface area contributed by atoms with E-state index in [0.29, 0.717) is 41.3 Å². The van der Waals surface area contributed by atoms with Crippen LogP contribution in [0.5, 0.6) is 5.75 Å². The topological polar surface area (TPSA) is 186 Å². The molecule has 0 radical (unpaired) electrons. The molecule has 2 aromatic heterocycles. The Labute approximate surface area is 408 Å². The molecule has 11 rings (SSSR count). The summed E-state index contributed by atoms with van der Waals surface area (Å²) in [5.41, 5.74) is 2.36. The quantitative estimate of drug-likeness (QED) is 0.104. The number of cyclic esters (lactones) is 1. The van der Waals surface area contributed by atoms with Crippen LogP contribution in [-0.4, -0.2) is 116 Å². The molecule has 3 saturated heterocycles. The summed E-state index contributed by atoms with van der Waals surface area (Å²) in [5, 5.41) is 19.4. The second-order valence-corrected chi connectivity index (χ2v) is 17.7. The minimum absolute atomic E-state index is 0.0377. The predicted octanol–water partition coefficient (Wildman–Crippen LogP) is 5.78. The molecule has 71 heavy (non-hydrogen) atoms. The summed E-state index contributed by atoms with van der Waals surface area (Å²) in [6, 6.07) is 36.4. The van der Waals surface area contributed by atoms with E-state index >= 15 is 14.4 Å². The van der Waals surface area contributed by atoms with Crippen LogP contribution >= 0.6 is 0 Å². The van der Waals surface area contributed by atoms with Gasteiger partial charge in [-0.1, -0.05) is 102 Å². The lowest BCUT2D eigenvalue weighted by molar-refractivity contribution is -0.179. The molecular weight excluding hydrogens is 903 g/mol. The van der Waals surface area contributed by atoms with Gasteiger partial charge in [0.1, 0.15) is 42.0 Å². The summed E-state index contributed by atoms with van der Waals surface area (Å²) in [5.74, 6) is 3.47. The number of imide groups is 1. The van der Waals surface area contributed by atoms with Gasteiger partial charge in [-0.25, -0.2) is 24.3 Å². The van der Waals surface area contributed by atoms with Crippen LogP contribution < -0.4 is 9.80 Å². The van der Waals surface area contributed by atoms with Gasteiger partial charge in [-0.15, -0.1) is 5.10 Å². The maximum absolute atomic E-state index is 16.5. The molecule has 0 unspecified atom stereocenters. The number of hydrogen-bond donors (Lipinski definition) is 1. The summed E-state index contributed by atoms with van der Waals surface area (Å²) >= 11 is 0. The Morgan fingerprint density at radius 3 is 2.23 bits per heavy atom. The van der Waals surface area contributed by atoms with E-state index < -0.39 is 59.4 Å². The number of benzene rings is 5. The van der Waals surface area contributed by atoms with Crippen molar-refractivity contribution in [2.24, 2.45) is 5.92 Å². The Morgan fingerprint density at radius 1 is 0.789 bits per heavy atom. The molecule has 6 atom stereocenters. The van der Waals surface area contributed by atoms with Crippen LogP contribution in [0.1, 0.15) is 46.0 Å². The van der Waals surface area contributed by atoms with Crippen LogP contribution in [0, 0.1) is 17.8 Å². The Balaban J connectivity index is 1.14. The highest BCUT2D eigenvalue weighted by Crippen LogP contribution is 2.66. The first-order chi connectivity index (χ1) is 34.8. The number of methoxy groups -OCH3 is 1. The van der Waals surface area contributed by atoms with Gasteiger partial charge in [0.2, 0.25) is 17.8 Å². The lowest BCUT2D eigenvalue weighted by Gasteiger charge is -2.46. The molecular formula is C54H47N9O8. The number of rotatable bonds is 9. The number of hydrogen-bond acceptors (Lipinski definition) is 14. The van der Waals surface area contributed by atoms with E-state index in [1.165, 1.54) is 19.2 Å². The van der Waals surface area contributed by atoms with Crippen LogP contribution in [0.3, 0.4) is 0 Å². The normalized spacial score (nSPS) is 22.7. The number of nitrogens with zero attached hydrogens (tertiary/aromatic N) is 9. The van der Waals surface area contributed by atoms with E-state index in [1.807, 2.05) is 94.7 Å². The summed E-state index contributed by atoms with van der Waals surface area (Å²) in [7, 11) is 1.47. The van der Waals surface area contributed by atoms with Crippen molar-refractivity contribution in [1.29, 1.82) is 0 Å². The van der Waals surface area contributed by atoms with Crippen LogP contribution in [0.4, 0.5) is 16.4 Å². The summed E-state index contributed by atoms with van der Waals surface area (Å²) in [6.07, 6.45) is 1.41. The van der Waals surface area contributed by atoms with Crippen molar-refractivity contribution in [2.75, 3.05) is 56.3 Å². The van der Waals surface area contributed by atoms with Gasteiger partial charge in [-0.05, 0) is 70.8 Å². The summed E-state index contributed by atoms with van der Waals surface area (Å²) in [6.45, 7) is 1.20. The van der Waals surface area contributed by atoms with E-state index in [-0.39, 0.29) is 44.3 Å². The number of phenols is 1. The van der Waals surface area contributed by atoms with Gasteiger partial charge in [-0.3, -0.25) is 19.3 Å². The van der Waals surface area contributed by atoms with Gasteiger partial charge in [0.15, 0.2) is 0 Å². The van der Waals surface area contributed by atoms with Crippen molar-refractivity contribution < 1.29 is 38.5 Å². The van der Waals surface area contributed by atoms with Gasteiger partial charge >= 0.3 is 12.1 Å². The van der Waals surface area contributed by atoms with E-state index in [4.69, 9.17) is 14.2 Å². The molecule has 3 fully saturated rings. The molecule has 1 spiro atoms. The molecule has 3 amide bonds. The number of carbonyl (C=O) groups excluding carboxylic acids is 4. The Kier molecular flexibility index (Phi) is 11.9. The highest BCUT2D eigenvalue weighted by atomic mass is 16.6. The number of fused-ring (bicyclic) bond motifs is 4. The zero-order valence-corrected chi connectivity index (χ0v) is 38.5. The van der Waals surface area contributed by atoms with Crippen LogP contribution in [0.2, 0.25) is 0 Å². The largest absolute Gasteiger partial charge is 0.508 e. The lowest BCUT2D eigenvalue weighted by atomic mass is 9.65. The molecule has 356 valence electrons. The Hall–Kier alpha value is -8.46. The second-order valence-electron chi connectivity index (χ2n) is 17.7. The third kappa shape index (κ3) is 7.77. The molecule has 4 aliphatic heterocycles. The molecule has 1 N–H and O–H groups in total. The zero-order chi connectivity index (χ0) is 48.6. The average molecular weight is 950 g/mol. The molecule has 0 saturated carbocycles. The van der Waals surface area contributed by atoms with Crippen molar-refractivity contribution in [1.82, 2.24) is 34.8 Å². The van der Waals surface area contributed by atoms with Crippen molar-refractivity contribution in [3.63, 3.8) is 0 Å². The minimum Gasteiger partial charge on any atom is -0.508 e. The van der Waals surface area contributed by atoms with Crippen LogP contribution in [0.25, 0.3) is 11.0 Å². The first kappa shape index (κ1) is 45.0. The number of aromatic hydroxyl groups is 1. The average Bonchev–Trinajstić information content (AvgIpc) is 4.06. The van der Waals surface area contributed by atoms with Crippen molar-refractivity contribution in [2.45, 2.75) is 36.2 Å². The first-order valence-corrected chi connectivity index (χ1v) is 23.4. The van der Waals surface area contributed by atoms with Gasteiger partial charge in [-0.2, -0.15) is 0 Å². The van der Waals surface area contributed by atoms with Gasteiger partial charge in [0.05, 0.1) is 35.8 Å². The third-order valence-electron chi connectivity index (χ3n) is 13.9. The van der Waals surface area contributed by atoms with Crippen molar-refractivity contribution in [3.05, 3.63) is 174 Å². The minimum atomic E-state index is -2.04. The lowest BCUT2D eigenvalue weighted by Crippen LogP contribution is -2.59. The van der Waals surface area contributed by atoms with Crippen LogP contribution in [-0.2, 0) is 40.6 Å². The number of piperazine rings is 1. The summed E-state index contributed by atoms with van der Waals surface area (Å²) in [4.78, 5) is 78.3. The number of morpholine rings is 1. The SMILES string of the molecule is COCCOC(=O)N1C(=O)[C@@]2(c3cc(C#CCn4nnc5ccccc54)ccc31)[C@H](C(=O)N1CCN(c3ncccn3)CC1)[C@H]1C(=O)O[C@H](c3ccccc3)[C@H](c3ccccc3)N1[C@@H]2c1ccc(O)cc1. The number of amides is 3. The molecule has 6 heterocycles. The third-order valence-corrected chi connectivity index (χ3v) is 13.9. The highest BCUT2D eigenvalue weighted by molar-refractivity contribution is 6.23. The predicted molar refractivity (Wildman–Crippen MR) is 258 cm³/mol.